The second-order valence-electron chi connectivity index (χ2n) is 7.32. The van der Waals surface area contributed by atoms with E-state index in [0.29, 0.717) is 15.4 Å². The number of benzene rings is 1. The molecule has 1 aromatic rings. The van der Waals surface area contributed by atoms with Gasteiger partial charge in [0.25, 0.3) is 9.84 Å². The highest BCUT2D eigenvalue weighted by Crippen LogP contribution is 2.41. The standard InChI is InChI=1S/C21H31NO2S4/c1-14(2)25-13-19(26-15(3)4)20(27-16(5)6)21(22-8)28(23,24)18-11-9-17(7)10-12-18/h9-12,14-16,21H,13H2,1-7H3/b20-19-. The number of hydrogen-bond donors (Lipinski definition) is 0. The lowest BCUT2D eigenvalue weighted by Gasteiger charge is -2.20. The average molecular weight is 458 g/mol. The molecule has 1 unspecified atom stereocenters. The molecule has 0 spiro atoms. The van der Waals surface area contributed by atoms with Crippen LogP contribution in [0.15, 0.2) is 39.0 Å². The highest BCUT2D eigenvalue weighted by molar-refractivity contribution is 8.09. The van der Waals surface area contributed by atoms with Crippen molar-refractivity contribution in [1.82, 2.24) is 0 Å². The Kier molecular flexibility index (Phi) is 10.5. The second-order valence-corrected chi connectivity index (χ2v) is 14.2. The lowest BCUT2D eigenvalue weighted by molar-refractivity contribution is 0.593. The van der Waals surface area contributed by atoms with Gasteiger partial charge in [-0.1, -0.05) is 59.2 Å². The van der Waals surface area contributed by atoms with Gasteiger partial charge in [0.15, 0.2) is 0 Å². The van der Waals surface area contributed by atoms with Crippen molar-refractivity contribution < 1.29 is 8.42 Å². The second kappa shape index (κ2) is 11.6. The Balaban J connectivity index is 3.54. The van der Waals surface area contributed by atoms with Gasteiger partial charge >= 0.3 is 5.37 Å². The van der Waals surface area contributed by atoms with Crippen molar-refractivity contribution >= 4 is 45.1 Å². The molecular formula is C21H31NO2S4. The summed E-state index contributed by atoms with van der Waals surface area (Å²) < 4.78 is 26.7. The quantitative estimate of drug-likeness (QED) is 0.368. The summed E-state index contributed by atoms with van der Waals surface area (Å²) >= 11 is 4.97. The van der Waals surface area contributed by atoms with Crippen molar-refractivity contribution in [1.29, 1.82) is 0 Å². The summed E-state index contributed by atoms with van der Waals surface area (Å²) in [4.78, 5) is 5.55. The Morgan fingerprint density at radius 1 is 0.964 bits per heavy atom. The number of rotatable bonds is 10. The number of sulfone groups is 1. The topological polar surface area (TPSA) is 38.5 Å². The molecule has 0 aliphatic rings. The molecule has 1 rings (SSSR count). The molecule has 0 aliphatic carbocycles. The Hall–Kier alpha value is -0.550. The Morgan fingerprint density at radius 3 is 1.93 bits per heavy atom. The largest absolute Gasteiger partial charge is 0.356 e. The van der Waals surface area contributed by atoms with Crippen molar-refractivity contribution in [2.75, 3.05) is 5.75 Å². The Bertz CT molecular complexity index is 804. The average Bonchev–Trinajstić information content (AvgIpc) is 2.57. The van der Waals surface area contributed by atoms with Crippen molar-refractivity contribution in [3.05, 3.63) is 51.1 Å². The molecule has 3 nitrogen and oxygen atoms in total. The fraction of sp³-hybridized carbons (Fsp3) is 0.571. The van der Waals surface area contributed by atoms with Gasteiger partial charge in [-0.3, -0.25) is 4.85 Å². The Morgan fingerprint density at radius 2 is 1.50 bits per heavy atom. The molecule has 1 atom stereocenters. The molecule has 0 heterocycles. The first-order chi connectivity index (χ1) is 13.0. The summed E-state index contributed by atoms with van der Waals surface area (Å²) in [6, 6.07) is 6.79. The van der Waals surface area contributed by atoms with Crippen LogP contribution in [0.25, 0.3) is 4.85 Å². The smallest absolute Gasteiger partial charge is 0.290 e. The molecular weight excluding hydrogens is 427 g/mol. The van der Waals surface area contributed by atoms with E-state index in [1.165, 1.54) is 11.8 Å². The van der Waals surface area contributed by atoms with E-state index in [-0.39, 0.29) is 10.1 Å². The molecule has 0 saturated carbocycles. The number of hydrogen-bond acceptors (Lipinski definition) is 5. The predicted molar refractivity (Wildman–Crippen MR) is 129 cm³/mol. The van der Waals surface area contributed by atoms with E-state index in [1.54, 1.807) is 47.8 Å². The minimum absolute atomic E-state index is 0.194. The summed E-state index contributed by atoms with van der Waals surface area (Å²) in [7, 11) is -3.79. The normalized spacial score (nSPS) is 14.3. The molecule has 0 amide bonds. The molecule has 28 heavy (non-hydrogen) atoms. The summed E-state index contributed by atoms with van der Waals surface area (Å²) in [6.07, 6.45) is 0. The third kappa shape index (κ3) is 7.70. The zero-order valence-corrected chi connectivity index (χ0v) is 21.0. The van der Waals surface area contributed by atoms with Crippen molar-refractivity contribution in [3.8, 4) is 0 Å². The molecule has 0 saturated heterocycles. The van der Waals surface area contributed by atoms with Gasteiger partial charge in [-0.25, -0.2) is 15.0 Å². The summed E-state index contributed by atoms with van der Waals surface area (Å²) in [5.41, 5.74) is 0.995. The van der Waals surface area contributed by atoms with Crippen LogP contribution >= 0.6 is 35.3 Å². The monoisotopic (exact) mass is 457 g/mol. The van der Waals surface area contributed by atoms with Crippen LogP contribution in [0.1, 0.15) is 47.1 Å². The SMILES string of the molecule is [C-]#[N+]C(/C(SC(C)C)=C(\CSC(C)C)SC(C)C)S(=O)(=O)c1ccc(C)cc1. The third-order valence-electron chi connectivity index (χ3n) is 3.55. The van der Waals surface area contributed by atoms with E-state index < -0.39 is 15.2 Å². The predicted octanol–water partition coefficient (Wildman–Crippen LogP) is 6.65. The molecule has 1 aromatic carbocycles. The lowest BCUT2D eigenvalue weighted by Crippen LogP contribution is -2.22. The number of aryl methyl sites for hydroxylation is 1. The zero-order chi connectivity index (χ0) is 21.5. The van der Waals surface area contributed by atoms with Gasteiger partial charge in [0.2, 0.25) is 0 Å². The van der Waals surface area contributed by atoms with Crippen LogP contribution in [0.4, 0.5) is 0 Å². The minimum Gasteiger partial charge on any atom is -0.290 e. The first kappa shape index (κ1) is 25.5. The summed E-state index contributed by atoms with van der Waals surface area (Å²) in [6.45, 7) is 22.2. The maximum absolute atomic E-state index is 13.3. The number of nitrogens with zero attached hydrogens (tertiary/aromatic N) is 1. The highest BCUT2D eigenvalue weighted by Gasteiger charge is 2.39. The van der Waals surface area contributed by atoms with Crippen molar-refractivity contribution in [2.45, 2.75) is 74.5 Å². The van der Waals surface area contributed by atoms with E-state index >= 15 is 0 Å². The molecule has 0 aromatic heterocycles. The molecule has 0 radical (unpaired) electrons. The van der Waals surface area contributed by atoms with Gasteiger partial charge in [-0.15, -0.1) is 23.5 Å². The van der Waals surface area contributed by atoms with Gasteiger partial charge in [-0.05, 0) is 24.3 Å². The van der Waals surface area contributed by atoms with Crippen LogP contribution in [-0.2, 0) is 9.84 Å². The summed E-state index contributed by atoms with van der Waals surface area (Å²) in [5, 5.41) is -0.247. The molecule has 0 fully saturated rings. The van der Waals surface area contributed by atoms with Crippen LogP contribution < -0.4 is 0 Å². The zero-order valence-electron chi connectivity index (χ0n) is 17.7. The first-order valence-corrected chi connectivity index (χ1v) is 13.7. The van der Waals surface area contributed by atoms with E-state index in [9.17, 15) is 8.42 Å². The highest BCUT2D eigenvalue weighted by atomic mass is 32.2. The van der Waals surface area contributed by atoms with Crippen LogP contribution in [-0.4, -0.2) is 35.3 Å². The van der Waals surface area contributed by atoms with Gasteiger partial charge < -0.3 is 0 Å². The van der Waals surface area contributed by atoms with Gasteiger partial charge in [0, 0.05) is 21.2 Å². The maximum atomic E-state index is 13.3. The maximum Gasteiger partial charge on any atom is 0.356 e. The van der Waals surface area contributed by atoms with Crippen LogP contribution in [0, 0.1) is 13.5 Å². The third-order valence-corrected chi connectivity index (χ3v) is 9.30. The van der Waals surface area contributed by atoms with Crippen molar-refractivity contribution in [3.63, 3.8) is 0 Å². The lowest BCUT2D eigenvalue weighted by atomic mass is 10.2. The van der Waals surface area contributed by atoms with Gasteiger partial charge in [-0.2, -0.15) is 11.8 Å². The van der Waals surface area contributed by atoms with Crippen molar-refractivity contribution in [2.24, 2.45) is 0 Å². The molecule has 156 valence electrons. The molecule has 0 bridgehead atoms. The van der Waals surface area contributed by atoms with Crippen LogP contribution in [0.3, 0.4) is 0 Å². The van der Waals surface area contributed by atoms with E-state index in [4.69, 9.17) is 6.57 Å². The Labute approximate surface area is 184 Å². The summed E-state index contributed by atoms with van der Waals surface area (Å²) in [5.74, 6) is 0.727. The fourth-order valence-electron chi connectivity index (χ4n) is 2.33. The molecule has 0 N–H and O–H groups in total. The van der Waals surface area contributed by atoms with E-state index in [0.717, 1.165) is 16.2 Å². The van der Waals surface area contributed by atoms with Crippen LogP contribution in [0.5, 0.6) is 0 Å². The number of thioether (sulfide) groups is 3. The van der Waals surface area contributed by atoms with E-state index in [1.807, 2.05) is 20.8 Å². The van der Waals surface area contributed by atoms with Gasteiger partial charge in [0.1, 0.15) is 0 Å². The van der Waals surface area contributed by atoms with E-state index in [2.05, 4.69) is 32.5 Å². The molecule has 0 aliphatic heterocycles. The first-order valence-electron chi connectivity index (χ1n) is 9.34. The van der Waals surface area contributed by atoms with Gasteiger partial charge in [0.05, 0.1) is 9.80 Å². The molecule has 7 heteroatoms. The van der Waals surface area contributed by atoms with Crippen LogP contribution in [0.2, 0.25) is 0 Å². The minimum atomic E-state index is -3.79. The fourth-order valence-corrected chi connectivity index (χ4v) is 7.46.